The van der Waals surface area contributed by atoms with Gasteiger partial charge in [0, 0.05) is 13.5 Å². The van der Waals surface area contributed by atoms with E-state index in [2.05, 4.69) is 20.8 Å². The van der Waals surface area contributed by atoms with Crippen molar-refractivity contribution in [1.29, 1.82) is 0 Å². The van der Waals surface area contributed by atoms with Gasteiger partial charge in [0.1, 0.15) is 5.76 Å². The molecule has 1 rings (SSSR count). The van der Waals surface area contributed by atoms with Gasteiger partial charge in [0.2, 0.25) is 0 Å². The lowest BCUT2D eigenvalue weighted by molar-refractivity contribution is -0.0518. The molecule has 13 heavy (non-hydrogen) atoms. The smallest absolute Gasteiger partial charge is 0.111 e. The van der Waals surface area contributed by atoms with Crippen LogP contribution in [0.3, 0.4) is 0 Å². The summed E-state index contributed by atoms with van der Waals surface area (Å²) in [6.07, 6.45) is 6.19. The molecule has 2 heteroatoms. The van der Waals surface area contributed by atoms with E-state index in [0.29, 0.717) is 5.76 Å². The van der Waals surface area contributed by atoms with Crippen molar-refractivity contribution >= 4 is 0 Å². The Kier molecular flexibility index (Phi) is 2.53. The molecular formula is C11H18O2. The fourth-order valence-corrected chi connectivity index (χ4v) is 1.63. The van der Waals surface area contributed by atoms with Crippen molar-refractivity contribution in [2.24, 2.45) is 5.41 Å². The third kappa shape index (κ3) is 1.78. The largest absolute Gasteiger partial charge is 0.508 e. The Morgan fingerprint density at radius 2 is 2.08 bits per heavy atom. The van der Waals surface area contributed by atoms with Gasteiger partial charge in [-0.05, 0) is 23.6 Å². The summed E-state index contributed by atoms with van der Waals surface area (Å²) in [7, 11) is 1.71. The molecule has 0 saturated carbocycles. The summed E-state index contributed by atoms with van der Waals surface area (Å²) in [5.74, 6) is 0.330. The minimum Gasteiger partial charge on any atom is -0.508 e. The van der Waals surface area contributed by atoms with Crippen LogP contribution in [0.4, 0.5) is 0 Å². The number of hydrogen-bond acceptors (Lipinski definition) is 2. The van der Waals surface area contributed by atoms with Crippen LogP contribution in [0, 0.1) is 5.41 Å². The summed E-state index contributed by atoms with van der Waals surface area (Å²) in [4.78, 5) is 0. The van der Waals surface area contributed by atoms with Crippen molar-refractivity contribution in [2.45, 2.75) is 32.8 Å². The Morgan fingerprint density at radius 1 is 1.46 bits per heavy atom. The van der Waals surface area contributed by atoms with Crippen LogP contribution in [0.1, 0.15) is 27.2 Å². The quantitative estimate of drug-likeness (QED) is 0.675. The highest BCUT2D eigenvalue weighted by Gasteiger charge is 2.40. The topological polar surface area (TPSA) is 29.5 Å². The molecule has 1 atom stereocenters. The summed E-state index contributed by atoms with van der Waals surface area (Å²) in [5, 5.41) is 9.22. The first-order valence-electron chi connectivity index (χ1n) is 4.55. The molecule has 0 saturated heterocycles. The normalized spacial score (nSPS) is 28.8. The summed E-state index contributed by atoms with van der Waals surface area (Å²) >= 11 is 0. The highest BCUT2D eigenvalue weighted by atomic mass is 16.5. The van der Waals surface area contributed by atoms with Gasteiger partial charge in [-0.25, -0.2) is 0 Å². The van der Waals surface area contributed by atoms with Crippen molar-refractivity contribution in [1.82, 2.24) is 0 Å². The van der Waals surface area contributed by atoms with Crippen LogP contribution in [0.15, 0.2) is 24.0 Å². The molecular weight excluding hydrogens is 164 g/mol. The molecule has 0 heterocycles. The third-order valence-corrected chi connectivity index (χ3v) is 2.77. The molecule has 1 N–H and O–H groups in total. The first-order chi connectivity index (χ1) is 5.91. The zero-order chi connectivity index (χ0) is 10.1. The van der Waals surface area contributed by atoms with Crippen LogP contribution in [0.2, 0.25) is 0 Å². The third-order valence-electron chi connectivity index (χ3n) is 2.77. The number of ether oxygens (including phenoxy) is 1. The van der Waals surface area contributed by atoms with Crippen LogP contribution >= 0.6 is 0 Å². The molecule has 0 amide bonds. The van der Waals surface area contributed by atoms with Gasteiger partial charge in [-0.3, -0.25) is 0 Å². The summed E-state index contributed by atoms with van der Waals surface area (Å²) in [5.41, 5.74) is -0.241. The molecule has 2 nitrogen and oxygen atoms in total. The van der Waals surface area contributed by atoms with E-state index in [4.69, 9.17) is 4.74 Å². The van der Waals surface area contributed by atoms with E-state index in [1.54, 1.807) is 19.3 Å². The van der Waals surface area contributed by atoms with Crippen molar-refractivity contribution in [3.05, 3.63) is 24.0 Å². The number of aliphatic hydroxyl groups excluding tert-OH is 1. The monoisotopic (exact) mass is 182 g/mol. The van der Waals surface area contributed by atoms with Gasteiger partial charge >= 0.3 is 0 Å². The number of hydrogen-bond donors (Lipinski definition) is 1. The summed E-state index contributed by atoms with van der Waals surface area (Å²) in [6.45, 7) is 6.41. The predicted molar refractivity (Wildman–Crippen MR) is 53.7 cm³/mol. The van der Waals surface area contributed by atoms with Gasteiger partial charge < -0.3 is 9.84 Å². The van der Waals surface area contributed by atoms with Gasteiger partial charge in [-0.1, -0.05) is 20.8 Å². The van der Waals surface area contributed by atoms with E-state index in [1.165, 1.54) is 0 Å². The molecule has 0 aromatic heterocycles. The number of aliphatic hydroxyl groups is 1. The van der Waals surface area contributed by atoms with Gasteiger partial charge in [-0.2, -0.15) is 0 Å². The molecule has 0 fully saturated rings. The zero-order valence-corrected chi connectivity index (χ0v) is 8.79. The van der Waals surface area contributed by atoms with Gasteiger partial charge in [0.25, 0.3) is 0 Å². The number of rotatable bonds is 1. The Morgan fingerprint density at radius 3 is 2.38 bits per heavy atom. The lowest BCUT2D eigenvalue weighted by Crippen LogP contribution is -2.43. The first-order valence-corrected chi connectivity index (χ1v) is 4.55. The Labute approximate surface area is 79.9 Å². The highest BCUT2D eigenvalue weighted by molar-refractivity contribution is 5.25. The van der Waals surface area contributed by atoms with E-state index in [1.807, 2.05) is 6.08 Å². The lowest BCUT2D eigenvalue weighted by atomic mass is 9.72. The maximum Gasteiger partial charge on any atom is 0.111 e. The highest BCUT2D eigenvalue weighted by Crippen LogP contribution is 2.39. The second-order valence-electron chi connectivity index (χ2n) is 4.51. The molecule has 1 unspecified atom stereocenters. The molecule has 0 spiro atoms. The Bertz CT molecular complexity index is 245. The average molecular weight is 182 g/mol. The minimum atomic E-state index is -0.279. The fraction of sp³-hybridized carbons (Fsp3) is 0.636. The van der Waals surface area contributed by atoms with E-state index >= 15 is 0 Å². The van der Waals surface area contributed by atoms with E-state index < -0.39 is 0 Å². The Balaban J connectivity index is 2.94. The van der Waals surface area contributed by atoms with Crippen LogP contribution in [0.25, 0.3) is 0 Å². The molecule has 1 aliphatic rings. The van der Waals surface area contributed by atoms with Gasteiger partial charge in [-0.15, -0.1) is 0 Å². The van der Waals surface area contributed by atoms with Crippen molar-refractivity contribution in [2.75, 3.05) is 7.11 Å². The van der Waals surface area contributed by atoms with Crippen molar-refractivity contribution in [3.8, 4) is 0 Å². The van der Waals surface area contributed by atoms with Gasteiger partial charge in [0.15, 0.2) is 0 Å². The standard InChI is InChI=1S/C11H18O2/c1-10(2,3)11(13-4)7-5-9(12)6-8-11/h5-7,12H,8H2,1-4H3. The number of methoxy groups -OCH3 is 1. The second-order valence-corrected chi connectivity index (χ2v) is 4.51. The fourth-order valence-electron chi connectivity index (χ4n) is 1.63. The predicted octanol–water partition coefficient (Wildman–Crippen LogP) is 2.82. The van der Waals surface area contributed by atoms with E-state index in [9.17, 15) is 5.11 Å². The van der Waals surface area contributed by atoms with Gasteiger partial charge in [0.05, 0.1) is 5.60 Å². The Hall–Kier alpha value is -0.760. The summed E-state index contributed by atoms with van der Waals surface area (Å²) < 4.78 is 5.55. The van der Waals surface area contributed by atoms with Crippen LogP contribution in [-0.2, 0) is 4.74 Å². The molecule has 0 radical (unpaired) electrons. The molecule has 0 aromatic rings. The maximum atomic E-state index is 9.22. The minimum absolute atomic E-state index is 0.0372. The zero-order valence-electron chi connectivity index (χ0n) is 8.79. The SMILES string of the molecule is COC1(C(C)(C)C)C=CC(O)=CC1. The van der Waals surface area contributed by atoms with Crippen LogP contribution < -0.4 is 0 Å². The molecule has 0 bridgehead atoms. The van der Waals surface area contributed by atoms with E-state index in [-0.39, 0.29) is 11.0 Å². The molecule has 74 valence electrons. The lowest BCUT2D eigenvalue weighted by Gasteiger charge is -2.42. The van der Waals surface area contributed by atoms with E-state index in [0.717, 1.165) is 6.42 Å². The molecule has 0 aromatic carbocycles. The van der Waals surface area contributed by atoms with Crippen LogP contribution in [-0.4, -0.2) is 17.8 Å². The van der Waals surface area contributed by atoms with Crippen molar-refractivity contribution < 1.29 is 9.84 Å². The maximum absolute atomic E-state index is 9.22. The first kappa shape index (κ1) is 10.3. The van der Waals surface area contributed by atoms with Crippen molar-refractivity contribution in [3.63, 3.8) is 0 Å². The second kappa shape index (κ2) is 3.18. The number of allylic oxidation sites excluding steroid dienone is 1. The van der Waals surface area contributed by atoms with Crippen LogP contribution in [0.5, 0.6) is 0 Å². The molecule has 1 aliphatic carbocycles. The average Bonchev–Trinajstić information content (AvgIpc) is 2.04. The summed E-state index contributed by atoms with van der Waals surface area (Å²) in [6, 6.07) is 0. The molecule has 0 aliphatic heterocycles.